The lowest BCUT2D eigenvalue weighted by molar-refractivity contribution is 0.386. The van der Waals surface area contributed by atoms with Gasteiger partial charge >= 0.3 is 0 Å². The molecule has 0 amide bonds. The summed E-state index contributed by atoms with van der Waals surface area (Å²) < 4.78 is 18.2. The van der Waals surface area contributed by atoms with Crippen LogP contribution in [-0.4, -0.2) is 17.1 Å². The number of ether oxygens (including phenoxy) is 1. The normalized spacial score (nSPS) is 10.0. The zero-order valence-electron chi connectivity index (χ0n) is 9.14. The molecule has 1 aromatic carbocycles. The first-order valence-electron chi connectivity index (χ1n) is 4.88. The molecule has 1 aromatic heterocycles. The third-order valence-electron chi connectivity index (χ3n) is 2.14. The molecule has 3 N–H and O–H groups in total. The van der Waals surface area contributed by atoms with Crippen LogP contribution in [0.3, 0.4) is 0 Å². The van der Waals surface area contributed by atoms with Crippen molar-refractivity contribution in [3.8, 4) is 5.75 Å². The van der Waals surface area contributed by atoms with Gasteiger partial charge in [0.25, 0.3) is 0 Å². The Bertz CT molecular complexity index is 533. The minimum absolute atomic E-state index is 0.183. The highest BCUT2D eigenvalue weighted by atomic mass is 19.1. The summed E-state index contributed by atoms with van der Waals surface area (Å²) >= 11 is 0. The van der Waals surface area contributed by atoms with Crippen LogP contribution in [0.1, 0.15) is 0 Å². The highest BCUT2D eigenvalue weighted by Gasteiger charge is 2.05. The SMILES string of the molecule is COc1ccc(Nc2nccnc2N)cc1F. The Morgan fingerprint density at radius 3 is 2.71 bits per heavy atom. The van der Waals surface area contributed by atoms with Gasteiger partial charge in [0.1, 0.15) is 0 Å². The van der Waals surface area contributed by atoms with Gasteiger partial charge in [-0.2, -0.15) is 0 Å². The molecular formula is C11H11FN4O. The molecule has 2 rings (SSSR count). The van der Waals surface area contributed by atoms with Gasteiger partial charge in [-0.25, -0.2) is 14.4 Å². The molecule has 5 nitrogen and oxygen atoms in total. The molecule has 0 saturated heterocycles. The average molecular weight is 234 g/mol. The molecule has 1 heterocycles. The highest BCUT2D eigenvalue weighted by molar-refractivity contribution is 5.65. The van der Waals surface area contributed by atoms with Crippen molar-refractivity contribution in [2.75, 3.05) is 18.2 Å². The minimum atomic E-state index is -0.458. The van der Waals surface area contributed by atoms with Gasteiger partial charge in [0.2, 0.25) is 0 Å². The molecule has 6 heteroatoms. The summed E-state index contributed by atoms with van der Waals surface area (Å²) in [7, 11) is 1.41. The summed E-state index contributed by atoms with van der Waals surface area (Å²) in [5, 5.41) is 2.87. The van der Waals surface area contributed by atoms with Crippen LogP contribution < -0.4 is 15.8 Å². The molecule has 0 bridgehead atoms. The summed E-state index contributed by atoms with van der Waals surface area (Å²) in [5.41, 5.74) is 6.13. The standard InChI is InChI=1S/C11H11FN4O/c1-17-9-3-2-7(6-8(9)12)16-11-10(13)14-4-5-15-11/h2-6H,1H3,(H2,13,14)(H,15,16). The Morgan fingerprint density at radius 1 is 1.29 bits per heavy atom. The van der Waals surface area contributed by atoms with Gasteiger partial charge in [-0.1, -0.05) is 0 Å². The smallest absolute Gasteiger partial charge is 0.173 e. The zero-order valence-corrected chi connectivity index (χ0v) is 9.14. The number of nitrogens with zero attached hydrogens (tertiary/aromatic N) is 2. The van der Waals surface area contributed by atoms with Crippen molar-refractivity contribution in [3.63, 3.8) is 0 Å². The van der Waals surface area contributed by atoms with E-state index in [-0.39, 0.29) is 11.6 Å². The Hall–Kier alpha value is -2.37. The lowest BCUT2D eigenvalue weighted by Gasteiger charge is -2.08. The Kier molecular flexibility index (Phi) is 3.04. The van der Waals surface area contributed by atoms with Crippen molar-refractivity contribution in [1.29, 1.82) is 0 Å². The summed E-state index contributed by atoms with van der Waals surface area (Å²) in [4.78, 5) is 7.86. The Morgan fingerprint density at radius 2 is 2.06 bits per heavy atom. The number of benzene rings is 1. The fourth-order valence-electron chi connectivity index (χ4n) is 1.33. The lowest BCUT2D eigenvalue weighted by Crippen LogP contribution is -2.01. The number of hydrogen-bond donors (Lipinski definition) is 2. The molecule has 0 unspecified atom stereocenters. The van der Waals surface area contributed by atoms with Gasteiger partial charge in [-0.15, -0.1) is 0 Å². The quantitative estimate of drug-likeness (QED) is 0.849. The topological polar surface area (TPSA) is 73.1 Å². The maximum absolute atomic E-state index is 13.4. The second kappa shape index (κ2) is 4.65. The number of aromatic nitrogens is 2. The predicted octanol–water partition coefficient (Wildman–Crippen LogP) is 1.95. The fourth-order valence-corrected chi connectivity index (χ4v) is 1.33. The van der Waals surface area contributed by atoms with Crippen LogP contribution in [0.4, 0.5) is 21.7 Å². The van der Waals surface area contributed by atoms with Gasteiger partial charge in [0, 0.05) is 24.1 Å². The minimum Gasteiger partial charge on any atom is -0.494 e. The van der Waals surface area contributed by atoms with E-state index in [9.17, 15) is 4.39 Å². The second-order valence-electron chi connectivity index (χ2n) is 3.26. The number of halogens is 1. The number of nitrogens with two attached hydrogens (primary N) is 1. The highest BCUT2D eigenvalue weighted by Crippen LogP contribution is 2.23. The molecule has 88 valence electrons. The monoisotopic (exact) mass is 234 g/mol. The molecule has 0 saturated carbocycles. The van der Waals surface area contributed by atoms with Crippen molar-refractivity contribution in [1.82, 2.24) is 9.97 Å². The van der Waals surface area contributed by atoms with Crippen LogP contribution >= 0.6 is 0 Å². The molecular weight excluding hydrogens is 223 g/mol. The van der Waals surface area contributed by atoms with Gasteiger partial charge in [0.15, 0.2) is 23.2 Å². The van der Waals surface area contributed by atoms with Gasteiger partial charge in [-0.05, 0) is 12.1 Å². The first-order chi connectivity index (χ1) is 8.20. The van der Waals surface area contributed by atoms with Crippen LogP contribution in [0.2, 0.25) is 0 Å². The van der Waals surface area contributed by atoms with E-state index in [1.54, 1.807) is 6.07 Å². The van der Waals surface area contributed by atoms with E-state index in [0.29, 0.717) is 11.5 Å². The molecule has 2 aromatic rings. The number of nitrogen functional groups attached to an aromatic ring is 1. The molecule has 0 fully saturated rings. The average Bonchev–Trinajstić information content (AvgIpc) is 2.32. The maximum Gasteiger partial charge on any atom is 0.173 e. The predicted molar refractivity (Wildman–Crippen MR) is 62.7 cm³/mol. The number of methoxy groups -OCH3 is 1. The summed E-state index contributed by atoms with van der Waals surface area (Å²) in [6.07, 6.45) is 2.98. The van der Waals surface area contributed by atoms with Crippen LogP contribution in [0, 0.1) is 5.82 Å². The van der Waals surface area contributed by atoms with Crippen LogP contribution in [0.15, 0.2) is 30.6 Å². The van der Waals surface area contributed by atoms with Crippen molar-refractivity contribution < 1.29 is 9.13 Å². The molecule has 0 atom stereocenters. The molecule has 0 aliphatic carbocycles. The van der Waals surface area contributed by atoms with E-state index >= 15 is 0 Å². The second-order valence-corrected chi connectivity index (χ2v) is 3.26. The van der Waals surface area contributed by atoms with E-state index in [1.807, 2.05) is 0 Å². The van der Waals surface area contributed by atoms with E-state index in [0.717, 1.165) is 0 Å². The van der Waals surface area contributed by atoms with E-state index in [4.69, 9.17) is 10.5 Å². The number of rotatable bonds is 3. The largest absolute Gasteiger partial charge is 0.494 e. The summed E-state index contributed by atoms with van der Waals surface area (Å²) in [5.74, 6) is 0.364. The number of anilines is 3. The summed E-state index contributed by atoms with van der Waals surface area (Å²) in [6.45, 7) is 0. The molecule has 17 heavy (non-hydrogen) atoms. The maximum atomic E-state index is 13.4. The van der Waals surface area contributed by atoms with Gasteiger partial charge in [-0.3, -0.25) is 0 Å². The zero-order chi connectivity index (χ0) is 12.3. The fraction of sp³-hybridized carbons (Fsp3) is 0.0909. The van der Waals surface area contributed by atoms with Crippen molar-refractivity contribution in [2.45, 2.75) is 0 Å². The summed E-state index contributed by atoms with van der Waals surface area (Å²) in [6, 6.07) is 4.48. The first-order valence-corrected chi connectivity index (χ1v) is 4.88. The van der Waals surface area contributed by atoms with E-state index in [2.05, 4.69) is 15.3 Å². The van der Waals surface area contributed by atoms with Gasteiger partial charge < -0.3 is 15.8 Å². The van der Waals surface area contributed by atoms with Crippen LogP contribution in [0.5, 0.6) is 5.75 Å². The van der Waals surface area contributed by atoms with Gasteiger partial charge in [0.05, 0.1) is 7.11 Å². The Balaban J connectivity index is 2.25. The number of nitrogens with one attached hydrogen (secondary N) is 1. The van der Waals surface area contributed by atoms with Crippen LogP contribution in [-0.2, 0) is 0 Å². The molecule has 0 radical (unpaired) electrons. The molecule has 0 spiro atoms. The van der Waals surface area contributed by atoms with Crippen molar-refractivity contribution in [2.24, 2.45) is 0 Å². The first kappa shape index (κ1) is 11.1. The Labute approximate surface area is 97.5 Å². The third-order valence-corrected chi connectivity index (χ3v) is 2.14. The van der Waals surface area contributed by atoms with E-state index in [1.165, 1.54) is 31.6 Å². The lowest BCUT2D eigenvalue weighted by atomic mass is 10.3. The molecule has 0 aliphatic heterocycles. The van der Waals surface area contributed by atoms with Crippen molar-refractivity contribution in [3.05, 3.63) is 36.4 Å². The van der Waals surface area contributed by atoms with Crippen LogP contribution in [0.25, 0.3) is 0 Å². The number of hydrogen-bond acceptors (Lipinski definition) is 5. The van der Waals surface area contributed by atoms with Crippen molar-refractivity contribution >= 4 is 17.3 Å². The third kappa shape index (κ3) is 2.41. The molecule has 0 aliphatic rings. The van der Waals surface area contributed by atoms with E-state index < -0.39 is 5.82 Å².